The summed E-state index contributed by atoms with van der Waals surface area (Å²) in [5, 5.41) is 18.7. The zero-order valence-electron chi connectivity index (χ0n) is 13.3. The summed E-state index contributed by atoms with van der Waals surface area (Å²) >= 11 is 0. The van der Waals surface area contributed by atoms with E-state index >= 15 is 0 Å². The Morgan fingerprint density at radius 1 is 1.20 bits per heavy atom. The maximum absolute atomic E-state index is 12.8. The Balaban J connectivity index is 1.83. The fourth-order valence-electron chi connectivity index (χ4n) is 2.49. The maximum Gasteiger partial charge on any atom is 0.335 e. The Morgan fingerprint density at radius 3 is 2.28 bits per heavy atom. The molecule has 0 saturated carbocycles. The molecule has 25 heavy (non-hydrogen) atoms. The summed E-state index contributed by atoms with van der Waals surface area (Å²) < 4.78 is 39.1. The average molecular weight is 374 g/mol. The summed E-state index contributed by atoms with van der Waals surface area (Å²) in [6.07, 6.45) is -0.253. The zero-order chi connectivity index (χ0) is 18.7. The second-order valence-electron chi connectivity index (χ2n) is 5.82. The Kier molecular flexibility index (Phi) is 5.76. The number of sulfonamides is 1. The van der Waals surface area contributed by atoms with Crippen molar-refractivity contribution in [2.75, 3.05) is 19.6 Å². The molecule has 1 amide bonds. The molecule has 0 radical (unpaired) electrons. The molecule has 3 N–H and O–H groups in total. The number of carboxylic acid groups (broad SMARTS) is 1. The van der Waals surface area contributed by atoms with Crippen LogP contribution in [0.5, 0.6) is 0 Å². The van der Waals surface area contributed by atoms with Crippen molar-refractivity contribution in [3.63, 3.8) is 0 Å². The van der Waals surface area contributed by atoms with Gasteiger partial charge in [-0.15, -0.1) is 0 Å². The molecule has 0 spiro atoms. The highest BCUT2D eigenvalue weighted by Crippen LogP contribution is 2.22. The molecular formula is C15H19FN2O6S. The van der Waals surface area contributed by atoms with Crippen molar-refractivity contribution in [1.82, 2.24) is 9.62 Å². The van der Waals surface area contributed by atoms with Gasteiger partial charge in [-0.1, -0.05) is 0 Å². The van der Waals surface area contributed by atoms with Gasteiger partial charge in [-0.2, -0.15) is 0 Å². The van der Waals surface area contributed by atoms with E-state index in [1.54, 1.807) is 0 Å². The number of aliphatic carboxylic acids is 1. The lowest BCUT2D eigenvalue weighted by molar-refractivity contribution is -0.165. The predicted molar refractivity (Wildman–Crippen MR) is 84.6 cm³/mol. The number of aliphatic hydroxyl groups is 1. The number of nitrogens with zero attached hydrogens (tertiary/aromatic N) is 1. The molecule has 10 heteroatoms. The van der Waals surface area contributed by atoms with Crippen molar-refractivity contribution in [3.8, 4) is 0 Å². The highest BCUT2D eigenvalue weighted by molar-refractivity contribution is 7.89. The normalized spacial score (nSPS) is 17.3. The average Bonchev–Trinajstić information content (AvgIpc) is 2.55. The van der Waals surface area contributed by atoms with E-state index in [-0.39, 0.29) is 49.7 Å². The number of carbonyl (C=O) groups is 2. The summed E-state index contributed by atoms with van der Waals surface area (Å²) in [5.74, 6) is -2.21. The van der Waals surface area contributed by atoms with Gasteiger partial charge in [0.05, 0.1) is 4.90 Å². The molecule has 0 aliphatic carbocycles. The minimum Gasteiger partial charge on any atom is -0.479 e. The van der Waals surface area contributed by atoms with Gasteiger partial charge in [-0.05, 0) is 24.3 Å². The van der Waals surface area contributed by atoms with Crippen LogP contribution in [0.4, 0.5) is 4.39 Å². The third-order valence-electron chi connectivity index (χ3n) is 4.10. The Hall–Kier alpha value is -2.04. The molecule has 1 heterocycles. The van der Waals surface area contributed by atoms with Gasteiger partial charge in [0.2, 0.25) is 15.9 Å². The third kappa shape index (κ3) is 4.74. The fraction of sp³-hybridized carbons (Fsp3) is 0.467. The second-order valence-corrected chi connectivity index (χ2v) is 7.59. The lowest BCUT2D eigenvalue weighted by atomic mass is 9.91. The SMILES string of the molecule is O=C(CCNS(=O)(=O)c1ccc(F)cc1)N1CCC(O)(C(=O)O)CC1. The van der Waals surface area contributed by atoms with Crippen LogP contribution in [0.15, 0.2) is 29.2 Å². The highest BCUT2D eigenvalue weighted by atomic mass is 32.2. The molecule has 0 atom stereocenters. The smallest absolute Gasteiger partial charge is 0.335 e. The third-order valence-corrected chi connectivity index (χ3v) is 5.57. The molecule has 0 unspecified atom stereocenters. The fourth-order valence-corrected chi connectivity index (χ4v) is 3.52. The van der Waals surface area contributed by atoms with Crippen molar-refractivity contribution in [2.24, 2.45) is 0 Å². The maximum atomic E-state index is 12.8. The largest absolute Gasteiger partial charge is 0.479 e. The monoisotopic (exact) mass is 374 g/mol. The molecule has 1 saturated heterocycles. The minimum absolute atomic E-state index is 0.0740. The zero-order valence-corrected chi connectivity index (χ0v) is 14.1. The van der Waals surface area contributed by atoms with Crippen molar-refractivity contribution in [2.45, 2.75) is 29.8 Å². The Bertz CT molecular complexity index is 742. The van der Waals surface area contributed by atoms with Crippen LogP contribution < -0.4 is 4.72 Å². The molecule has 1 aliphatic heterocycles. The first-order valence-corrected chi connectivity index (χ1v) is 9.11. The standard InChI is InChI=1S/C15H19FN2O6S/c16-11-1-3-12(4-2-11)25(23,24)17-8-5-13(19)18-9-6-15(22,7-10-18)14(20)21/h1-4,17,22H,5-10H2,(H,20,21). The molecule has 1 aromatic rings. The Labute approximate surface area is 144 Å². The number of halogens is 1. The van der Waals surface area contributed by atoms with Crippen LogP contribution in [-0.4, -0.2) is 60.6 Å². The molecule has 1 aliphatic rings. The van der Waals surface area contributed by atoms with E-state index in [0.717, 1.165) is 24.3 Å². The van der Waals surface area contributed by atoms with Crippen LogP contribution in [0, 0.1) is 5.82 Å². The van der Waals surface area contributed by atoms with E-state index < -0.39 is 27.4 Å². The van der Waals surface area contributed by atoms with E-state index in [2.05, 4.69) is 4.72 Å². The summed E-state index contributed by atoms with van der Waals surface area (Å²) in [6, 6.07) is 4.29. The van der Waals surface area contributed by atoms with Crippen LogP contribution in [0.2, 0.25) is 0 Å². The number of likely N-dealkylation sites (tertiary alicyclic amines) is 1. The van der Waals surface area contributed by atoms with Gasteiger partial charge < -0.3 is 15.1 Å². The van der Waals surface area contributed by atoms with Crippen molar-refractivity contribution < 1.29 is 32.6 Å². The van der Waals surface area contributed by atoms with Crippen molar-refractivity contribution in [1.29, 1.82) is 0 Å². The van der Waals surface area contributed by atoms with Crippen molar-refractivity contribution >= 4 is 21.9 Å². The number of amides is 1. The van der Waals surface area contributed by atoms with Crippen LogP contribution in [0.25, 0.3) is 0 Å². The molecule has 0 bridgehead atoms. The van der Waals surface area contributed by atoms with Crippen molar-refractivity contribution in [3.05, 3.63) is 30.1 Å². The molecule has 0 aromatic heterocycles. The number of benzene rings is 1. The first-order valence-electron chi connectivity index (χ1n) is 7.63. The topological polar surface area (TPSA) is 124 Å². The lowest BCUT2D eigenvalue weighted by Gasteiger charge is -2.35. The lowest BCUT2D eigenvalue weighted by Crippen LogP contribution is -2.51. The molecule has 8 nitrogen and oxygen atoms in total. The molecule has 2 rings (SSSR count). The number of hydrogen-bond donors (Lipinski definition) is 3. The predicted octanol–water partition coefficient (Wildman–Crippen LogP) is -0.0678. The summed E-state index contributed by atoms with van der Waals surface area (Å²) in [4.78, 5) is 24.3. The van der Waals surface area contributed by atoms with Gasteiger partial charge in [-0.3, -0.25) is 4.79 Å². The number of piperidine rings is 1. The van der Waals surface area contributed by atoms with E-state index in [1.165, 1.54) is 4.90 Å². The van der Waals surface area contributed by atoms with E-state index in [9.17, 15) is 27.5 Å². The minimum atomic E-state index is -3.84. The van der Waals surface area contributed by atoms with E-state index in [0.29, 0.717) is 0 Å². The van der Waals surface area contributed by atoms with Gasteiger partial charge in [0, 0.05) is 38.9 Å². The molecule has 138 valence electrons. The number of carbonyl (C=O) groups excluding carboxylic acids is 1. The second kappa shape index (κ2) is 7.46. The summed E-state index contributed by atoms with van der Waals surface area (Å²) in [7, 11) is -3.84. The molecular weight excluding hydrogens is 355 g/mol. The Morgan fingerprint density at radius 2 is 1.76 bits per heavy atom. The van der Waals surface area contributed by atoms with E-state index in [4.69, 9.17) is 5.11 Å². The quantitative estimate of drug-likeness (QED) is 0.640. The number of carboxylic acids is 1. The van der Waals surface area contributed by atoms with Gasteiger partial charge in [-0.25, -0.2) is 22.3 Å². The molecule has 1 fully saturated rings. The van der Waals surface area contributed by atoms with Gasteiger partial charge in [0.25, 0.3) is 0 Å². The number of hydrogen-bond acceptors (Lipinski definition) is 5. The summed E-state index contributed by atoms with van der Waals surface area (Å²) in [6.45, 7) is 0.0386. The molecule has 1 aromatic carbocycles. The van der Waals surface area contributed by atoms with Crippen LogP contribution in [0.1, 0.15) is 19.3 Å². The van der Waals surface area contributed by atoms with E-state index in [1.807, 2.05) is 0 Å². The van der Waals surface area contributed by atoms with Gasteiger partial charge in [0.15, 0.2) is 5.60 Å². The first kappa shape index (κ1) is 19.3. The van der Waals surface area contributed by atoms with Crippen LogP contribution in [-0.2, 0) is 19.6 Å². The number of nitrogens with one attached hydrogen (secondary N) is 1. The van der Waals surface area contributed by atoms with Gasteiger partial charge >= 0.3 is 5.97 Å². The first-order chi connectivity index (χ1) is 11.6. The highest BCUT2D eigenvalue weighted by Gasteiger charge is 2.40. The van der Waals surface area contributed by atoms with Crippen LogP contribution >= 0.6 is 0 Å². The number of rotatable bonds is 6. The van der Waals surface area contributed by atoms with Crippen LogP contribution in [0.3, 0.4) is 0 Å². The van der Waals surface area contributed by atoms with Gasteiger partial charge in [0.1, 0.15) is 5.82 Å². The summed E-state index contributed by atoms with van der Waals surface area (Å²) in [5.41, 5.74) is -1.82.